The molecule has 0 amide bonds. The van der Waals surface area contributed by atoms with Crippen molar-refractivity contribution in [1.82, 2.24) is 15.2 Å². The van der Waals surface area contributed by atoms with E-state index in [4.69, 9.17) is 0 Å². The van der Waals surface area contributed by atoms with Gasteiger partial charge in [0.1, 0.15) is 15.7 Å². The lowest BCUT2D eigenvalue weighted by Crippen LogP contribution is -2.05. The maximum atomic E-state index is 11.0. The van der Waals surface area contributed by atoms with Gasteiger partial charge in [0.15, 0.2) is 0 Å². The highest BCUT2D eigenvalue weighted by Crippen LogP contribution is 2.28. The standard InChI is InChI=1S/C12H21N3O2S2/c1-19(16,17)9-8-18-12-13-11(14-15-12)7-6-10-4-2-3-5-10/h10H,2-9H2,1H3,(H,13,14,15). The summed E-state index contributed by atoms with van der Waals surface area (Å²) in [4.78, 5) is 4.39. The van der Waals surface area contributed by atoms with Gasteiger partial charge in [-0.3, -0.25) is 5.10 Å². The minimum Gasteiger partial charge on any atom is -0.262 e. The molecule has 0 atom stereocenters. The lowest BCUT2D eigenvalue weighted by Gasteiger charge is -2.05. The molecule has 2 rings (SSSR count). The maximum absolute atomic E-state index is 11.0. The first kappa shape index (κ1) is 14.8. The van der Waals surface area contributed by atoms with Crippen LogP contribution in [0.5, 0.6) is 0 Å². The molecular formula is C12H21N3O2S2. The van der Waals surface area contributed by atoms with E-state index in [1.54, 1.807) is 0 Å². The van der Waals surface area contributed by atoms with Crippen LogP contribution in [0, 0.1) is 5.92 Å². The van der Waals surface area contributed by atoms with E-state index in [2.05, 4.69) is 15.2 Å². The second-order valence-electron chi connectivity index (χ2n) is 5.23. The van der Waals surface area contributed by atoms with E-state index in [0.717, 1.165) is 18.2 Å². The van der Waals surface area contributed by atoms with Crippen molar-refractivity contribution < 1.29 is 8.42 Å². The number of nitrogens with zero attached hydrogens (tertiary/aromatic N) is 2. The van der Waals surface area contributed by atoms with Crippen LogP contribution in [0.15, 0.2) is 5.16 Å². The Balaban J connectivity index is 1.72. The predicted octanol–water partition coefficient (Wildman–Crippen LogP) is 2.06. The molecule has 19 heavy (non-hydrogen) atoms. The molecule has 108 valence electrons. The van der Waals surface area contributed by atoms with Crippen molar-refractivity contribution in [2.45, 2.75) is 43.7 Å². The normalized spacial score (nSPS) is 17.1. The molecule has 1 fully saturated rings. The summed E-state index contributed by atoms with van der Waals surface area (Å²) in [5.41, 5.74) is 0. The highest BCUT2D eigenvalue weighted by Gasteiger charge is 2.15. The molecule has 1 aliphatic rings. The van der Waals surface area contributed by atoms with Gasteiger partial charge >= 0.3 is 0 Å². The van der Waals surface area contributed by atoms with E-state index in [0.29, 0.717) is 10.9 Å². The van der Waals surface area contributed by atoms with E-state index in [1.807, 2.05) is 0 Å². The summed E-state index contributed by atoms with van der Waals surface area (Å²) in [6.45, 7) is 0. The molecule has 0 aromatic carbocycles. The Morgan fingerprint density at radius 3 is 2.79 bits per heavy atom. The Hall–Kier alpha value is -0.560. The second kappa shape index (κ2) is 6.74. The minimum atomic E-state index is -2.90. The summed E-state index contributed by atoms with van der Waals surface area (Å²) in [5, 5.41) is 7.72. The van der Waals surface area contributed by atoms with Crippen molar-refractivity contribution in [2.75, 3.05) is 17.8 Å². The smallest absolute Gasteiger partial charge is 0.208 e. The van der Waals surface area contributed by atoms with Gasteiger partial charge in [-0.2, -0.15) is 0 Å². The number of thioether (sulfide) groups is 1. The molecule has 1 aromatic rings. The third kappa shape index (κ3) is 5.52. The molecule has 1 saturated carbocycles. The summed E-state index contributed by atoms with van der Waals surface area (Å²) in [7, 11) is -2.90. The van der Waals surface area contributed by atoms with E-state index in [9.17, 15) is 8.42 Å². The molecule has 0 saturated heterocycles. The van der Waals surface area contributed by atoms with Crippen LogP contribution in [-0.4, -0.2) is 41.4 Å². The van der Waals surface area contributed by atoms with E-state index >= 15 is 0 Å². The molecule has 0 radical (unpaired) electrons. The number of hydrogen-bond donors (Lipinski definition) is 1. The van der Waals surface area contributed by atoms with Crippen molar-refractivity contribution in [3.63, 3.8) is 0 Å². The van der Waals surface area contributed by atoms with Gasteiger partial charge in [-0.1, -0.05) is 37.4 Å². The molecular weight excluding hydrogens is 282 g/mol. The van der Waals surface area contributed by atoms with Crippen molar-refractivity contribution in [2.24, 2.45) is 5.92 Å². The van der Waals surface area contributed by atoms with Crippen LogP contribution in [0.3, 0.4) is 0 Å². The molecule has 0 spiro atoms. The fourth-order valence-electron chi connectivity index (χ4n) is 2.38. The summed E-state index contributed by atoms with van der Waals surface area (Å²) in [5.74, 6) is 2.46. The van der Waals surface area contributed by atoms with Crippen LogP contribution in [0.25, 0.3) is 0 Å². The molecule has 7 heteroatoms. The lowest BCUT2D eigenvalue weighted by atomic mass is 10.0. The van der Waals surface area contributed by atoms with Gasteiger partial charge < -0.3 is 0 Å². The number of sulfone groups is 1. The Kier molecular flexibility index (Phi) is 5.27. The number of rotatable bonds is 7. The summed E-state index contributed by atoms with van der Waals surface area (Å²) in [6, 6.07) is 0. The monoisotopic (exact) mass is 303 g/mol. The molecule has 1 heterocycles. The van der Waals surface area contributed by atoms with E-state index in [1.165, 1.54) is 50.1 Å². The Bertz CT molecular complexity index is 493. The van der Waals surface area contributed by atoms with Crippen molar-refractivity contribution in [3.05, 3.63) is 5.82 Å². The average Bonchev–Trinajstić information content (AvgIpc) is 2.94. The molecule has 0 bridgehead atoms. The van der Waals surface area contributed by atoms with Crippen molar-refractivity contribution in [1.29, 1.82) is 0 Å². The van der Waals surface area contributed by atoms with Crippen molar-refractivity contribution >= 4 is 21.6 Å². The molecule has 1 N–H and O–H groups in total. The van der Waals surface area contributed by atoms with Gasteiger partial charge in [-0.05, 0) is 12.3 Å². The number of aryl methyl sites for hydroxylation is 1. The topological polar surface area (TPSA) is 75.7 Å². The van der Waals surface area contributed by atoms with Gasteiger partial charge in [0.05, 0.1) is 5.75 Å². The van der Waals surface area contributed by atoms with E-state index in [-0.39, 0.29) is 5.75 Å². The van der Waals surface area contributed by atoms with Gasteiger partial charge in [-0.25, -0.2) is 13.4 Å². The van der Waals surface area contributed by atoms with E-state index < -0.39 is 9.84 Å². The zero-order chi connectivity index (χ0) is 13.7. The highest BCUT2D eigenvalue weighted by molar-refractivity contribution is 8.00. The lowest BCUT2D eigenvalue weighted by molar-refractivity contribution is 0.497. The first-order chi connectivity index (χ1) is 9.03. The third-order valence-electron chi connectivity index (χ3n) is 3.46. The maximum Gasteiger partial charge on any atom is 0.208 e. The Morgan fingerprint density at radius 1 is 1.37 bits per heavy atom. The summed E-state index contributed by atoms with van der Waals surface area (Å²) < 4.78 is 22.0. The number of nitrogens with one attached hydrogen (secondary N) is 1. The van der Waals surface area contributed by atoms with Crippen molar-refractivity contribution in [3.8, 4) is 0 Å². The fourth-order valence-corrected chi connectivity index (χ4v) is 4.39. The SMILES string of the molecule is CS(=O)(=O)CCSc1n[nH]c(CCC2CCCC2)n1. The highest BCUT2D eigenvalue weighted by atomic mass is 32.2. The Labute approximate surface area is 118 Å². The summed E-state index contributed by atoms with van der Waals surface area (Å²) in [6.07, 6.45) is 8.82. The van der Waals surface area contributed by atoms with Crippen LogP contribution in [0.1, 0.15) is 37.9 Å². The molecule has 1 aromatic heterocycles. The Morgan fingerprint density at radius 2 is 2.11 bits per heavy atom. The zero-order valence-corrected chi connectivity index (χ0v) is 12.9. The first-order valence-electron chi connectivity index (χ1n) is 6.75. The molecule has 1 aliphatic carbocycles. The van der Waals surface area contributed by atoms with Crippen LogP contribution in [0.4, 0.5) is 0 Å². The first-order valence-corrected chi connectivity index (χ1v) is 9.79. The van der Waals surface area contributed by atoms with Gasteiger partial charge in [-0.15, -0.1) is 5.10 Å². The van der Waals surface area contributed by atoms with Gasteiger partial charge in [0.2, 0.25) is 5.16 Å². The van der Waals surface area contributed by atoms with Crippen LogP contribution in [-0.2, 0) is 16.3 Å². The number of aromatic amines is 1. The molecule has 0 unspecified atom stereocenters. The zero-order valence-electron chi connectivity index (χ0n) is 11.3. The number of hydrogen-bond acceptors (Lipinski definition) is 5. The summed E-state index contributed by atoms with van der Waals surface area (Å²) >= 11 is 1.39. The molecule has 5 nitrogen and oxygen atoms in total. The quantitative estimate of drug-likeness (QED) is 0.780. The molecule has 0 aliphatic heterocycles. The van der Waals surface area contributed by atoms with Crippen LogP contribution >= 0.6 is 11.8 Å². The van der Waals surface area contributed by atoms with Crippen LogP contribution < -0.4 is 0 Å². The third-order valence-corrected chi connectivity index (χ3v) is 5.51. The fraction of sp³-hybridized carbons (Fsp3) is 0.833. The second-order valence-corrected chi connectivity index (χ2v) is 8.55. The number of aromatic nitrogens is 3. The minimum absolute atomic E-state index is 0.170. The largest absolute Gasteiger partial charge is 0.262 e. The average molecular weight is 303 g/mol. The van der Waals surface area contributed by atoms with Gasteiger partial charge in [0, 0.05) is 18.4 Å². The number of H-pyrrole nitrogens is 1. The predicted molar refractivity (Wildman–Crippen MR) is 77.1 cm³/mol. The van der Waals surface area contributed by atoms with Gasteiger partial charge in [0.25, 0.3) is 0 Å². The van der Waals surface area contributed by atoms with Crippen LogP contribution in [0.2, 0.25) is 0 Å².